The van der Waals surface area contributed by atoms with Crippen molar-refractivity contribution in [2.24, 2.45) is 0 Å². The first-order valence-corrected chi connectivity index (χ1v) is 7.82. The fourth-order valence-corrected chi connectivity index (χ4v) is 3.13. The third-order valence-electron chi connectivity index (χ3n) is 4.68. The summed E-state index contributed by atoms with van der Waals surface area (Å²) < 4.78 is 0. The van der Waals surface area contributed by atoms with E-state index in [0.717, 1.165) is 26.2 Å². The fourth-order valence-electron chi connectivity index (χ4n) is 3.13. The summed E-state index contributed by atoms with van der Waals surface area (Å²) in [5, 5.41) is 13.5. The van der Waals surface area contributed by atoms with Crippen LogP contribution < -0.4 is 5.32 Å². The average molecular weight is 271 g/mol. The van der Waals surface area contributed by atoms with Gasteiger partial charge < -0.3 is 20.2 Å². The van der Waals surface area contributed by atoms with E-state index in [0.29, 0.717) is 12.1 Å². The molecular weight excluding hydrogens is 238 g/mol. The van der Waals surface area contributed by atoms with E-state index >= 15 is 0 Å². The molecule has 2 N–H and O–H groups in total. The zero-order valence-electron chi connectivity index (χ0n) is 13.3. The number of nitrogens with zero attached hydrogens (tertiary/aromatic N) is 2. The van der Waals surface area contributed by atoms with Crippen LogP contribution in [0.5, 0.6) is 0 Å². The molecule has 1 aliphatic rings. The van der Waals surface area contributed by atoms with Crippen LogP contribution in [-0.2, 0) is 0 Å². The zero-order chi connectivity index (χ0) is 14.3. The van der Waals surface area contributed by atoms with Gasteiger partial charge in [0.15, 0.2) is 0 Å². The molecule has 0 aliphatic heterocycles. The summed E-state index contributed by atoms with van der Waals surface area (Å²) in [7, 11) is 4.36. The van der Waals surface area contributed by atoms with Gasteiger partial charge in [0.25, 0.3) is 0 Å². The van der Waals surface area contributed by atoms with Gasteiger partial charge in [-0.1, -0.05) is 26.7 Å². The standard InChI is InChI=1S/C15H33N3O/c1-5-18(6-2)12-14(19)11-16-13-15(17(3)4)9-7-8-10-15/h14,16,19H,5-13H2,1-4H3. The molecule has 4 heteroatoms. The summed E-state index contributed by atoms with van der Waals surface area (Å²) in [5.74, 6) is 0. The van der Waals surface area contributed by atoms with Crippen LogP contribution >= 0.6 is 0 Å². The van der Waals surface area contributed by atoms with Crippen molar-refractivity contribution in [1.29, 1.82) is 0 Å². The van der Waals surface area contributed by atoms with E-state index in [1.54, 1.807) is 0 Å². The second-order valence-corrected chi connectivity index (χ2v) is 6.10. The lowest BCUT2D eigenvalue weighted by atomic mass is 9.96. The number of aliphatic hydroxyl groups excluding tert-OH is 1. The first-order chi connectivity index (χ1) is 9.04. The minimum atomic E-state index is -0.263. The Balaban J connectivity index is 2.28. The summed E-state index contributed by atoms with van der Waals surface area (Å²) in [6.07, 6.45) is 4.96. The van der Waals surface area contributed by atoms with Crippen molar-refractivity contribution in [3.05, 3.63) is 0 Å². The molecule has 0 heterocycles. The van der Waals surface area contributed by atoms with E-state index in [1.807, 2.05) is 0 Å². The van der Waals surface area contributed by atoms with Crippen LogP contribution in [0.1, 0.15) is 39.5 Å². The van der Waals surface area contributed by atoms with Crippen LogP contribution in [0.25, 0.3) is 0 Å². The Morgan fingerprint density at radius 2 is 1.74 bits per heavy atom. The minimum absolute atomic E-state index is 0.263. The summed E-state index contributed by atoms with van der Waals surface area (Å²) in [6, 6.07) is 0. The van der Waals surface area contributed by atoms with E-state index in [4.69, 9.17) is 0 Å². The quantitative estimate of drug-likeness (QED) is 0.660. The second kappa shape index (κ2) is 8.20. The predicted molar refractivity (Wildman–Crippen MR) is 81.6 cm³/mol. The van der Waals surface area contributed by atoms with Crippen LogP contribution in [0.15, 0.2) is 0 Å². The molecule has 1 rings (SSSR count). The normalized spacial score (nSPS) is 20.4. The third-order valence-corrected chi connectivity index (χ3v) is 4.68. The van der Waals surface area contributed by atoms with E-state index < -0.39 is 0 Å². The fraction of sp³-hybridized carbons (Fsp3) is 1.00. The van der Waals surface area contributed by atoms with Crippen molar-refractivity contribution in [3.8, 4) is 0 Å². The second-order valence-electron chi connectivity index (χ2n) is 6.10. The molecule has 0 aromatic carbocycles. The molecule has 1 saturated carbocycles. The Hall–Kier alpha value is -0.160. The maximum atomic E-state index is 10.1. The molecule has 0 radical (unpaired) electrons. The van der Waals surface area contributed by atoms with Crippen LogP contribution in [0, 0.1) is 0 Å². The van der Waals surface area contributed by atoms with Crippen molar-refractivity contribution >= 4 is 0 Å². The lowest BCUT2D eigenvalue weighted by molar-refractivity contribution is 0.104. The van der Waals surface area contributed by atoms with Crippen molar-refractivity contribution in [1.82, 2.24) is 15.1 Å². The number of nitrogens with one attached hydrogen (secondary N) is 1. The smallest absolute Gasteiger partial charge is 0.0791 e. The average Bonchev–Trinajstić information content (AvgIpc) is 2.86. The molecule has 0 aromatic rings. The molecule has 1 fully saturated rings. The maximum Gasteiger partial charge on any atom is 0.0791 e. The Kier molecular flexibility index (Phi) is 7.29. The molecule has 0 spiro atoms. The predicted octanol–water partition coefficient (Wildman–Crippen LogP) is 1.15. The van der Waals surface area contributed by atoms with Gasteiger partial charge in [-0.2, -0.15) is 0 Å². The lowest BCUT2D eigenvalue weighted by Crippen LogP contribution is -2.51. The van der Waals surface area contributed by atoms with Crippen LogP contribution in [-0.4, -0.2) is 73.4 Å². The highest BCUT2D eigenvalue weighted by atomic mass is 16.3. The molecule has 114 valence electrons. The number of likely N-dealkylation sites (N-methyl/N-ethyl adjacent to an activating group) is 2. The Bertz CT molecular complexity index is 236. The molecular formula is C15H33N3O. The highest BCUT2D eigenvalue weighted by Crippen LogP contribution is 2.32. The maximum absolute atomic E-state index is 10.1. The molecule has 19 heavy (non-hydrogen) atoms. The Morgan fingerprint density at radius 3 is 2.21 bits per heavy atom. The largest absolute Gasteiger partial charge is 0.390 e. The van der Waals surface area contributed by atoms with Crippen LogP contribution in [0.4, 0.5) is 0 Å². The van der Waals surface area contributed by atoms with Gasteiger partial charge in [0.1, 0.15) is 0 Å². The molecule has 0 bridgehead atoms. The third kappa shape index (κ3) is 5.03. The van der Waals surface area contributed by atoms with Crippen molar-refractivity contribution in [3.63, 3.8) is 0 Å². The van der Waals surface area contributed by atoms with Gasteiger partial charge in [-0.25, -0.2) is 0 Å². The van der Waals surface area contributed by atoms with Gasteiger partial charge in [0.05, 0.1) is 6.10 Å². The van der Waals surface area contributed by atoms with Gasteiger partial charge in [0.2, 0.25) is 0 Å². The molecule has 1 atom stereocenters. The van der Waals surface area contributed by atoms with Gasteiger partial charge in [-0.15, -0.1) is 0 Å². The molecule has 0 amide bonds. The topological polar surface area (TPSA) is 38.7 Å². The van der Waals surface area contributed by atoms with Crippen LogP contribution in [0.3, 0.4) is 0 Å². The van der Waals surface area contributed by atoms with E-state index in [9.17, 15) is 5.11 Å². The van der Waals surface area contributed by atoms with Crippen molar-refractivity contribution < 1.29 is 5.11 Å². The van der Waals surface area contributed by atoms with Crippen LogP contribution in [0.2, 0.25) is 0 Å². The van der Waals surface area contributed by atoms with Gasteiger partial charge in [-0.3, -0.25) is 0 Å². The van der Waals surface area contributed by atoms with Gasteiger partial charge >= 0.3 is 0 Å². The van der Waals surface area contributed by atoms with Gasteiger partial charge in [0, 0.05) is 25.2 Å². The highest BCUT2D eigenvalue weighted by molar-refractivity contribution is 4.94. The van der Waals surface area contributed by atoms with E-state index in [-0.39, 0.29) is 6.10 Å². The van der Waals surface area contributed by atoms with Gasteiger partial charge in [-0.05, 0) is 40.0 Å². The van der Waals surface area contributed by atoms with E-state index in [2.05, 4.69) is 43.1 Å². The number of hydrogen-bond donors (Lipinski definition) is 2. The lowest BCUT2D eigenvalue weighted by Gasteiger charge is -2.37. The summed E-state index contributed by atoms with van der Waals surface area (Å²) in [4.78, 5) is 4.63. The zero-order valence-corrected chi connectivity index (χ0v) is 13.3. The van der Waals surface area contributed by atoms with E-state index in [1.165, 1.54) is 25.7 Å². The molecule has 4 nitrogen and oxygen atoms in total. The molecule has 0 saturated heterocycles. The SMILES string of the molecule is CCN(CC)CC(O)CNCC1(N(C)C)CCCC1. The summed E-state index contributed by atoms with van der Waals surface area (Å²) in [5.41, 5.74) is 0.314. The molecule has 1 aliphatic carbocycles. The number of hydrogen-bond acceptors (Lipinski definition) is 4. The summed E-state index contributed by atoms with van der Waals surface area (Å²) >= 11 is 0. The first-order valence-electron chi connectivity index (χ1n) is 7.82. The monoisotopic (exact) mass is 271 g/mol. The van der Waals surface area contributed by atoms with Crippen molar-refractivity contribution in [2.45, 2.75) is 51.2 Å². The molecule has 0 aromatic heterocycles. The summed E-state index contributed by atoms with van der Waals surface area (Å²) in [6.45, 7) is 8.77. The highest BCUT2D eigenvalue weighted by Gasteiger charge is 2.35. The minimum Gasteiger partial charge on any atom is -0.390 e. The Morgan fingerprint density at radius 1 is 1.16 bits per heavy atom. The Labute approximate surface area is 119 Å². The number of aliphatic hydroxyl groups is 1. The first kappa shape index (κ1) is 16.9. The number of rotatable bonds is 9. The molecule has 1 unspecified atom stereocenters. The van der Waals surface area contributed by atoms with Crippen molar-refractivity contribution in [2.75, 3.05) is 46.8 Å².